The van der Waals surface area contributed by atoms with Crippen LogP contribution in [0.2, 0.25) is 0 Å². The summed E-state index contributed by atoms with van der Waals surface area (Å²) < 4.78 is 10.6. The number of ether oxygens (including phenoxy) is 2. The van der Waals surface area contributed by atoms with Crippen molar-refractivity contribution >= 4 is 16.8 Å². The van der Waals surface area contributed by atoms with Crippen molar-refractivity contribution in [2.24, 2.45) is 0 Å². The Labute approximate surface area is 175 Å². The van der Waals surface area contributed by atoms with Crippen LogP contribution in [0.3, 0.4) is 0 Å². The monoisotopic (exact) mass is 400 g/mol. The Kier molecular flexibility index (Phi) is 5.70. The quantitative estimate of drug-likeness (QED) is 0.471. The van der Waals surface area contributed by atoms with E-state index >= 15 is 0 Å². The topological polar surface area (TPSA) is 63.3 Å². The highest BCUT2D eigenvalue weighted by Crippen LogP contribution is 2.31. The molecule has 0 saturated carbocycles. The molecule has 0 aliphatic rings. The van der Waals surface area contributed by atoms with E-state index in [1.165, 1.54) is 0 Å². The zero-order chi connectivity index (χ0) is 20.9. The molecule has 2 N–H and O–H groups in total. The lowest BCUT2D eigenvalue weighted by Crippen LogP contribution is -2.28. The highest BCUT2D eigenvalue weighted by molar-refractivity contribution is 5.95. The molecule has 1 aromatic heterocycles. The van der Waals surface area contributed by atoms with Crippen molar-refractivity contribution in [3.63, 3.8) is 0 Å². The maximum absolute atomic E-state index is 12.9. The van der Waals surface area contributed by atoms with Gasteiger partial charge in [-0.05, 0) is 35.4 Å². The molecular formula is C25H24N2O3. The Bertz CT molecular complexity index is 1150. The van der Waals surface area contributed by atoms with Crippen molar-refractivity contribution in [1.82, 2.24) is 10.3 Å². The molecule has 4 aromatic rings. The fourth-order valence-corrected chi connectivity index (χ4v) is 3.75. The third kappa shape index (κ3) is 3.87. The van der Waals surface area contributed by atoms with Crippen LogP contribution in [0.1, 0.15) is 27.4 Å². The molecule has 0 radical (unpaired) electrons. The van der Waals surface area contributed by atoms with Gasteiger partial charge in [0, 0.05) is 35.1 Å². The summed E-state index contributed by atoms with van der Waals surface area (Å²) in [6, 6.07) is 23.6. The predicted molar refractivity (Wildman–Crippen MR) is 118 cm³/mol. The number of benzene rings is 3. The number of methoxy groups -OCH3 is 2. The highest BCUT2D eigenvalue weighted by atomic mass is 16.5. The number of nitrogens with one attached hydrogen (secondary N) is 2. The Morgan fingerprint density at radius 1 is 0.933 bits per heavy atom. The summed E-state index contributed by atoms with van der Waals surface area (Å²) in [5.41, 5.74) is 3.91. The fraction of sp³-hybridized carbons (Fsp3) is 0.160. The van der Waals surface area contributed by atoms with Crippen LogP contribution in [0.15, 0.2) is 79.0 Å². The van der Waals surface area contributed by atoms with Crippen LogP contribution in [0.25, 0.3) is 10.9 Å². The summed E-state index contributed by atoms with van der Waals surface area (Å²) in [6.45, 7) is 0.471. The molecule has 0 spiro atoms. The molecule has 5 nitrogen and oxygen atoms in total. The van der Waals surface area contributed by atoms with E-state index in [1.54, 1.807) is 32.4 Å². The van der Waals surface area contributed by atoms with Gasteiger partial charge in [-0.25, -0.2) is 0 Å². The average Bonchev–Trinajstić information content (AvgIpc) is 3.23. The van der Waals surface area contributed by atoms with Crippen LogP contribution in [-0.2, 0) is 0 Å². The van der Waals surface area contributed by atoms with Gasteiger partial charge >= 0.3 is 0 Å². The smallest absolute Gasteiger partial charge is 0.251 e. The summed E-state index contributed by atoms with van der Waals surface area (Å²) in [5.74, 6) is 0.986. The molecule has 3 aromatic carbocycles. The lowest BCUT2D eigenvalue weighted by Gasteiger charge is -2.18. The van der Waals surface area contributed by atoms with E-state index in [9.17, 15) is 4.79 Å². The number of aromatic amines is 1. The van der Waals surface area contributed by atoms with Gasteiger partial charge < -0.3 is 19.8 Å². The third-order valence-electron chi connectivity index (χ3n) is 5.31. The van der Waals surface area contributed by atoms with E-state index < -0.39 is 0 Å². The number of rotatable bonds is 7. The first-order valence-electron chi connectivity index (χ1n) is 9.82. The van der Waals surface area contributed by atoms with E-state index in [4.69, 9.17) is 9.47 Å². The minimum atomic E-state index is -0.156. The lowest BCUT2D eigenvalue weighted by molar-refractivity contribution is 0.0952. The van der Waals surface area contributed by atoms with E-state index in [0.717, 1.165) is 22.0 Å². The summed E-state index contributed by atoms with van der Waals surface area (Å²) in [4.78, 5) is 16.2. The minimum Gasteiger partial charge on any atom is -0.493 e. The number of fused-ring (bicyclic) bond motifs is 1. The summed E-state index contributed by atoms with van der Waals surface area (Å²) in [6.07, 6.45) is 2.03. The highest BCUT2D eigenvalue weighted by Gasteiger charge is 2.20. The van der Waals surface area contributed by atoms with Crippen molar-refractivity contribution in [2.75, 3.05) is 20.8 Å². The Morgan fingerprint density at radius 2 is 1.67 bits per heavy atom. The van der Waals surface area contributed by atoms with Gasteiger partial charge in [-0.3, -0.25) is 4.79 Å². The maximum atomic E-state index is 12.9. The predicted octanol–water partition coefficient (Wildman–Crippen LogP) is 4.75. The molecule has 1 heterocycles. The second-order valence-electron chi connectivity index (χ2n) is 7.03. The van der Waals surface area contributed by atoms with E-state index in [-0.39, 0.29) is 11.8 Å². The SMILES string of the molecule is COc1ccc(C(=O)NCC(c2ccccc2)c2c[nH]c3ccccc23)cc1OC. The number of carbonyl (C=O) groups is 1. The van der Waals surface area contributed by atoms with Gasteiger partial charge in [-0.15, -0.1) is 0 Å². The Balaban J connectivity index is 1.61. The molecule has 5 heteroatoms. The molecule has 1 amide bonds. The van der Waals surface area contributed by atoms with Gasteiger partial charge in [0.05, 0.1) is 14.2 Å². The molecule has 1 unspecified atom stereocenters. The Morgan fingerprint density at radius 3 is 2.43 bits per heavy atom. The summed E-state index contributed by atoms with van der Waals surface area (Å²) in [5, 5.41) is 4.25. The zero-order valence-electron chi connectivity index (χ0n) is 17.0. The van der Waals surface area contributed by atoms with Crippen LogP contribution in [0.4, 0.5) is 0 Å². The van der Waals surface area contributed by atoms with Gasteiger partial charge in [0.25, 0.3) is 5.91 Å². The van der Waals surface area contributed by atoms with E-state index in [0.29, 0.717) is 23.6 Å². The van der Waals surface area contributed by atoms with E-state index in [1.807, 2.05) is 36.5 Å². The fourth-order valence-electron chi connectivity index (χ4n) is 3.75. The van der Waals surface area contributed by atoms with Gasteiger partial charge in [0.2, 0.25) is 0 Å². The molecule has 152 valence electrons. The van der Waals surface area contributed by atoms with Crippen LogP contribution >= 0.6 is 0 Å². The van der Waals surface area contributed by atoms with Crippen LogP contribution in [-0.4, -0.2) is 31.7 Å². The largest absolute Gasteiger partial charge is 0.493 e. The van der Waals surface area contributed by atoms with Crippen molar-refractivity contribution in [1.29, 1.82) is 0 Å². The molecule has 0 bridgehead atoms. The third-order valence-corrected chi connectivity index (χ3v) is 5.31. The van der Waals surface area contributed by atoms with Gasteiger partial charge in [0.15, 0.2) is 11.5 Å². The van der Waals surface area contributed by atoms with Crippen molar-refractivity contribution in [3.05, 3.63) is 95.7 Å². The number of amides is 1. The number of para-hydroxylation sites is 1. The van der Waals surface area contributed by atoms with Crippen molar-refractivity contribution < 1.29 is 14.3 Å². The molecule has 0 fully saturated rings. The Hall–Kier alpha value is -3.73. The van der Waals surface area contributed by atoms with Crippen molar-refractivity contribution in [2.45, 2.75) is 5.92 Å². The maximum Gasteiger partial charge on any atom is 0.251 e. The number of hydrogen-bond acceptors (Lipinski definition) is 3. The van der Waals surface area contributed by atoms with E-state index in [2.05, 4.69) is 34.6 Å². The number of aromatic nitrogens is 1. The van der Waals surface area contributed by atoms with Crippen molar-refractivity contribution in [3.8, 4) is 11.5 Å². The second-order valence-corrected chi connectivity index (χ2v) is 7.03. The summed E-state index contributed by atoms with van der Waals surface area (Å²) in [7, 11) is 3.13. The zero-order valence-corrected chi connectivity index (χ0v) is 17.0. The summed E-state index contributed by atoms with van der Waals surface area (Å²) >= 11 is 0. The van der Waals surface area contributed by atoms with Gasteiger partial charge in [-0.2, -0.15) is 0 Å². The number of H-pyrrole nitrogens is 1. The minimum absolute atomic E-state index is 0.0199. The average molecular weight is 400 g/mol. The van der Waals surface area contributed by atoms with Gasteiger partial charge in [0.1, 0.15) is 0 Å². The standard InChI is InChI=1S/C25H24N2O3/c1-29-23-13-12-18(14-24(23)30-2)25(28)27-15-20(17-8-4-3-5-9-17)21-16-26-22-11-7-6-10-19(21)22/h3-14,16,20,26H,15H2,1-2H3,(H,27,28). The van der Waals surface area contributed by atoms with Crippen LogP contribution in [0, 0.1) is 0 Å². The first-order valence-corrected chi connectivity index (χ1v) is 9.82. The first kappa shape index (κ1) is 19.6. The molecule has 1 atom stereocenters. The number of hydrogen-bond donors (Lipinski definition) is 2. The van der Waals surface area contributed by atoms with Crippen LogP contribution in [0.5, 0.6) is 11.5 Å². The normalized spacial score (nSPS) is 11.8. The number of carbonyl (C=O) groups excluding carboxylic acids is 1. The molecule has 0 aliphatic carbocycles. The molecule has 0 aliphatic heterocycles. The lowest BCUT2D eigenvalue weighted by atomic mass is 9.91. The van der Waals surface area contributed by atoms with Gasteiger partial charge in [-0.1, -0.05) is 48.5 Å². The molecule has 30 heavy (non-hydrogen) atoms. The van der Waals surface area contributed by atoms with Crippen LogP contribution < -0.4 is 14.8 Å². The second kappa shape index (κ2) is 8.74. The molecular weight excluding hydrogens is 376 g/mol. The first-order chi connectivity index (χ1) is 14.7. The molecule has 0 saturated heterocycles. The molecule has 4 rings (SSSR count).